The standard InChI is InChI=1S/C12H12N4O3/c1-8-4-10(2-3-11(8)16(18)19)12(17)13-5-9-6-14-15-7-9/h2-4,6-7H,5H2,1H3,(H,13,17)(H,14,15). The van der Waals surface area contributed by atoms with E-state index in [1.165, 1.54) is 18.2 Å². The van der Waals surface area contributed by atoms with Crippen LogP contribution in [0.3, 0.4) is 0 Å². The van der Waals surface area contributed by atoms with Gasteiger partial charge in [-0.2, -0.15) is 5.10 Å². The quantitative estimate of drug-likeness (QED) is 0.643. The number of nitro benzene ring substituents is 1. The lowest BCUT2D eigenvalue weighted by atomic mass is 10.1. The summed E-state index contributed by atoms with van der Waals surface area (Å²) in [5.74, 6) is -0.279. The number of aromatic nitrogens is 2. The molecule has 7 heteroatoms. The highest BCUT2D eigenvalue weighted by Gasteiger charge is 2.13. The molecule has 0 aliphatic heterocycles. The van der Waals surface area contributed by atoms with E-state index < -0.39 is 4.92 Å². The fraction of sp³-hybridized carbons (Fsp3) is 0.167. The zero-order valence-electron chi connectivity index (χ0n) is 10.2. The van der Waals surface area contributed by atoms with Crippen LogP contribution in [-0.4, -0.2) is 21.0 Å². The molecule has 1 amide bonds. The number of hydrogen-bond acceptors (Lipinski definition) is 4. The molecular formula is C12H12N4O3. The summed E-state index contributed by atoms with van der Waals surface area (Å²) < 4.78 is 0. The highest BCUT2D eigenvalue weighted by Crippen LogP contribution is 2.18. The number of nitro groups is 1. The predicted molar refractivity (Wildman–Crippen MR) is 67.6 cm³/mol. The first-order chi connectivity index (χ1) is 9.08. The molecule has 0 atom stereocenters. The second kappa shape index (κ2) is 5.30. The SMILES string of the molecule is Cc1cc(C(=O)NCc2cn[nH]c2)ccc1[N+](=O)[O-]. The van der Waals surface area contributed by atoms with Crippen LogP contribution in [0.1, 0.15) is 21.5 Å². The third-order valence-corrected chi connectivity index (χ3v) is 2.66. The molecule has 0 aliphatic carbocycles. The van der Waals surface area contributed by atoms with Gasteiger partial charge in [0.2, 0.25) is 0 Å². The average molecular weight is 260 g/mol. The third kappa shape index (κ3) is 2.95. The molecule has 0 saturated heterocycles. The number of nitrogens with zero attached hydrogens (tertiary/aromatic N) is 2. The molecule has 0 spiro atoms. The van der Waals surface area contributed by atoms with Crippen molar-refractivity contribution in [3.63, 3.8) is 0 Å². The molecule has 0 bridgehead atoms. The van der Waals surface area contributed by atoms with Crippen LogP contribution >= 0.6 is 0 Å². The van der Waals surface area contributed by atoms with Crippen LogP contribution in [0.4, 0.5) is 5.69 Å². The first-order valence-corrected chi connectivity index (χ1v) is 5.59. The zero-order valence-corrected chi connectivity index (χ0v) is 10.2. The van der Waals surface area contributed by atoms with E-state index in [1.54, 1.807) is 19.3 Å². The van der Waals surface area contributed by atoms with Crippen LogP contribution < -0.4 is 5.32 Å². The summed E-state index contributed by atoms with van der Waals surface area (Å²) in [6, 6.07) is 4.28. The Morgan fingerprint density at radius 3 is 2.89 bits per heavy atom. The van der Waals surface area contributed by atoms with E-state index in [-0.39, 0.29) is 11.6 Å². The number of rotatable bonds is 4. The lowest BCUT2D eigenvalue weighted by Crippen LogP contribution is -2.22. The van der Waals surface area contributed by atoms with Gasteiger partial charge < -0.3 is 5.32 Å². The molecular weight excluding hydrogens is 248 g/mol. The van der Waals surface area contributed by atoms with E-state index >= 15 is 0 Å². The zero-order chi connectivity index (χ0) is 13.8. The summed E-state index contributed by atoms with van der Waals surface area (Å²) in [4.78, 5) is 22.1. The number of H-pyrrole nitrogens is 1. The molecule has 0 aliphatic rings. The van der Waals surface area contributed by atoms with Crippen molar-refractivity contribution in [2.45, 2.75) is 13.5 Å². The molecule has 1 aromatic carbocycles. The lowest BCUT2D eigenvalue weighted by molar-refractivity contribution is -0.385. The maximum atomic E-state index is 11.9. The van der Waals surface area contributed by atoms with E-state index in [4.69, 9.17) is 0 Å². The summed E-state index contributed by atoms with van der Waals surface area (Å²) in [5, 5.41) is 19.8. The largest absolute Gasteiger partial charge is 0.348 e. The molecule has 0 saturated carbocycles. The summed E-state index contributed by atoms with van der Waals surface area (Å²) in [6.45, 7) is 1.95. The Morgan fingerprint density at radius 1 is 1.53 bits per heavy atom. The third-order valence-electron chi connectivity index (χ3n) is 2.66. The number of aromatic amines is 1. The highest BCUT2D eigenvalue weighted by molar-refractivity contribution is 5.94. The maximum absolute atomic E-state index is 11.9. The molecule has 0 fully saturated rings. The van der Waals surface area contributed by atoms with Crippen molar-refractivity contribution in [3.8, 4) is 0 Å². The minimum Gasteiger partial charge on any atom is -0.348 e. The van der Waals surface area contributed by atoms with Crippen molar-refractivity contribution in [1.29, 1.82) is 0 Å². The Bertz CT molecular complexity index is 607. The van der Waals surface area contributed by atoms with Gasteiger partial charge in [-0.25, -0.2) is 0 Å². The second-order valence-electron chi connectivity index (χ2n) is 4.05. The Balaban J connectivity index is 2.07. The van der Waals surface area contributed by atoms with Crippen LogP contribution in [0, 0.1) is 17.0 Å². The fourth-order valence-electron chi connectivity index (χ4n) is 1.66. The summed E-state index contributed by atoms with van der Waals surface area (Å²) >= 11 is 0. The monoisotopic (exact) mass is 260 g/mol. The topological polar surface area (TPSA) is 101 Å². The molecule has 2 rings (SSSR count). The first kappa shape index (κ1) is 12.7. The van der Waals surface area contributed by atoms with Crippen molar-refractivity contribution in [2.24, 2.45) is 0 Å². The van der Waals surface area contributed by atoms with E-state index in [0.717, 1.165) is 5.56 Å². The van der Waals surface area contributed by atoms with Crippen molar-refractivity contribution in [3.05, 3.63) is 57.4 Å². The minimum atomic E-state index is -0.470. The number of carbonyl (C=O) groups excluding carboxylic acids is 1. The molecule has 0 radical (unpaired) electrons. The van der Waals surface area contributed by atoms with Gasteiger partial charge in [-0.15, -0.1) is 0 Å². The lowest BCUT2D eigenvalue weighted by Gasteiger charge is -2.04. The average Bonchev–Trinajstić information content (AvgIpc) is 2.88. The van der Waals surface area contributed by atoms with Gasteiger partial charge in [-0.1, -0.05) is 0 Å². The normalized spacial score (nSPS) is 10.2. The molecule has 7 nitrogen and oxygen atoms in total. The van der Waals surface area contributed by atoms with Gasteiger partial charge in [-0.05, 0) is 19.1 Å². The van der Waals surface area contributed by atoms with Gasteiger partial charge in [-0.3, -0.25) is 20.0 Å². The fourth-order valence-corrected chi connectivity index (χ4v) is 1.66. The number of aryl methyl sites for hydroxylation is 1. The summed E-state index contributed by atoms with van der Waals surface area (Å²) in [7, 11) is 0. The van der Waals surface area contributed by atoms with Gasteiger partial charge in [0.1, 0.15) is 0 Å². The van der Waals surface area contributed by atoms with Crippen molar-refractivity contribution < 1.29 is 9.72 Å². The van der Waals surface area contributed by atoms with E-state index in [0.29, 0.717) is 17.7 Å². The van der Waals surface area contributed by atoms with Crippen molar-refractivity contribution in [2.75, 3.05) is 0 Å². The van der Waals surface area contributed by atoms with Crippen LogP contribution in [0.15, 0.2) is 30.6 Å². The molecule has 0 unspecified atom stereocenters. The Labute approximate surface area is 108 Å². The van der Waals surface area contributed by atoms with Crippen LogP contribution in [0.25, 0.3) is 0 Å². The highest BCUT2D eigenvalue weighted by atomic mass is 16.6. The second-order valence-corrected chi connectivity index (χ2v) is 4.05. The van der Waals surface area contributed by atoms with Gasteiger partial charge in [0, 0.05) is 35.5 Å². The summed E-state index contributed by atoms with van der Waals surface area (Å²) in [5.41, 5.74) is 1.71. The van der Waals surface area contributed by atoms with Gasteiger partial charge >= 0.3 is 0 Å². The number of hydrogen-bond donors (Lipinski definition) is 2. The number of carbonyl (C=O) groups is 1. The van der Waals surface area contributed by atoms with Crippen molar-refractivity contribution in [1.82, 2.24) is 15.5 Å². The van der Waals surface area contributed by atoms with E-state index in [1.807, 2.05) is 0 Å². The minimum absolute atomic E-state index is 0.00591. The van der Waals surface area contributed by atoms with E-state index in [2.05, 4.69) is 15.5 Å². The molecule has 2 N–H and O–H groups in total. The maximum Gasteiger partial charge on any atom is 0.272 e. The van der Waals surface area contributed by atoms with Crippen LogP contribution in [0.2, 0.25) is 0 Å². The van der Waals surface area contributed by atoms with Crippen LogP contribution in [-0.2, 0) is 6.54 Å². The van der Waals surface area contributed by atoms with Gasteiger partial charge in [0.25, 0.3) is 11.6 Å². The number of benzene rings is 1. The Hall–Kier alpha value is -2.70. The molecule has 2 aromatic rings. The molecule has 1 aromatic heterocycles. The smallest absolute Gasteiger partial charge is 0.272 e. The molecule has 19 heavy (non-hydrogen) atoms. The first-order valence-electron chi connectivity index (χ1n) is 5.59. The van der Waals surface area contributed by atoms with E-state index in [9.17, 15) is 14.9 Å². The number of amides is 1. The summed E-state index contributed by atoms with van der Waals surface area (Å²) in [6.07, 6.45) is 3.29. The predicted octanol–water partition coefficient (Wildman–Crippen LogP) is 1.56. The Kier molecular flexibility index (Phi) is 3.56. The van der Waals surface area contributed by atoms with Crippen molar-refractivity contribution >= 4 is 11.6 Å². The van der Waals surface area contributed by atoms with Gasteiger partial charge in [0.05, 0.1) is 11.1 Å². The molecule has 1 heterocycles. The van der Waals surface area contributed by atoms with Gasteiger partial charge in [0.15, 0.2) is 0 Å². The number of nitrogens with one attached hydrogen (secondary N) is 2. The Morgan fingerprint density at radius 2 is 2.32 bits per heavy atom. The van der Waals surface area contributed by atoms with Crippen LogP contribution in [0.5, 0.6) is 0 Å². The molecule has 98 valence electrons.